The molecule has 6 heteroatoms. The average molecular weight is 457 g/mol. The lowest BCUT2D eigenvalue weighted by molar-refractivity contribution is -0.113. The number of carbonyl (C=O) groups excluding carboxylic acids is 2. The Labute approximate surface area is 197 Å². The van der Waals surface area contributed by atoms with Gasteiger partial charge in [0.2, 0.25) is 0 Å². The van der Waals surface area contributed by atoms with Crippen molar-refractivity contribution in [1.29, 1.82) is 0 Å². The summed E-state index contributed by atoms with van der Waals surface area (Å²) in [6.45, 7) is 6.14. The van der Waals surface area contributed by atoms with Gasteiger partial charge >= 0.3 is 5.97 Å². The fraction of sp³-hybridized carbons (Fsp3) is 0.148. The van der Waals surface area contributed by atoms with Crippen molar-refractivity contribution >= 4 is 46.3 Å². The monoisotopic (exact) mass is 456 g/mol. The summed E-state index contributed by atoms with van der Waals surface area (Å²) >= 11 is 1.33. The lowest BCUT2D eigenvalue weighted by Crippen LogP contribution is -2.28. The Morgan fingerprint density at radius 2 is 1.55 bits per heavy atom. The third kappa shape index (κ3) is 5.23. The van der Waals surface area contributed by atoms with E-state index in [4.69, 9.17) is 9.73 Å². The number of amidine groups is 1. The van der Waals surface area contributed by atoms with Gasteiger partial charge in [-0.25, -0.2) is 9.79 Å². The number of hydrogen-bond acceptors (Lipinski definition) is 5. The van der Waals surface area contributed by atoms with Crippen LogP contribution in [0.5, 0.6) is 0 Å². The molecule has 3 aromatic carbocycles. The van der Waals surface area contributed by atoms with E-state index >= 15 is 0 Å². The molecule has 0 radical (unpaired) electrons. The summed E-state index contributed by atoms with van der Waals surface area (Å²) in [5, 5.41) is 0.599. The Morgan fingerprint density at radius 3 is 2.15 bits per heavy atom. The summed E-state index contributed by atoms with van der Waals surface area (Å²) < 4.78 is 5.03. The lowest BCUT2D eigenvalue weighted by atomic mass is 10.1. The van der Waals surface area contributed by atoms with Crippen molar-refractivity contribution in [1.82, 2.24) is 0 Å². The van der Waals surface area contributed by atoms with Crippen molar-refractivity contribution in [2.45, 2.75) is 20.8 Å². The van der Waals surface area contributed by atoms with Gasteiger partial charge in [0, 0.05) is 0 Å². The van der Waals surface area contributed by atoms with E-state index in [-0.39, 0.29) is 11.9 Å². The average Bonchev–Trinajstić information content (AvgIpc) is 3.11. The molecular formula is C27H24N2O3S. The van der Waals surface area contributed by atoms with Gasteiger partial charge in [-0.05, 0) is 80.6 Å². The standard InChI is InChI=1S/C27H24N2O3S/c1-4-32-26(31)21-11-9-20(10-12-21)17-24-25(30)29(23-15-7-19(3)8-16-23)27(33-24)28-22-13-5-18(2)6-14-22/h5-17H,4H2,1-3H3/b24-17+,28-27?. The first-order valence-electron chi connectivity index (χ1n) is 10.7. The summed E-state index contributed by atoms with van der Waals surface area (Å²) in [5.41, 5.74) is 5.12. The minimum Gasteiger partial charge on any atom is -0.462 e. The van der Waals surface area contributed by atoms with Crippen molar-refractivity contribution in [3.63, 3.8) is 0 Å². The van der Waals surface area contributed by atoms with Gasteiger partial charge in [-0.3, -0.25) is 9.69 Å². The quantitative estimate of drug-likeness (QED) is 0.334. The number of thioether (sulfide) groups is 1. The summed E-state index contributed by atoms with van der Waals surface area (Å²) in [5.74, 6) is -0.495. The number of amides is 1. The van der Waals surface area contributed by atoms with E-state index in [2.05, 4.69) is 0 Å². The molecule has 0 spiro atoms. The van der Waals surface area contributed by atoms with Crippen LogP contribution in [0.2, 0.25) is 0 Å². The number of carbonyl (C=O) groups is 2. The van der Waals surface area contributed by atoms with Gasteiger partial charge in [-0.1, -0.05) is 47.5 Å². The molecule has 5 nitrogen and oxygen atoms in total. The van der Waals surface area contributed by atoms with E-state index in [0.29, 0.717) is 22.2 Å². The Bertz CT molecular complexity index is 1230. The van der Waals surface area contributed by atoms with Crippen molar-refractivity contribution < 1.29 is 14.3 Å². The number of aliphatic imine (C=N–C) groups is 1. The molecule has 0 atom stereocenters. The van der Waals surface area contributed by atoms with E-state index in [1.807, 2.05) is 68.5 Å². The van der Waals surface area contributed by atoms with Crippen LogP contribution in [0.15, 0.2) is 82.7 Å². The van der Waals surface area contributed by atoms with Crippen LogP contribution in [-0.2, 0) is 9.53 Å². The van der Waals surface area contributed by atoms with Crippen LogP contribution in [-0.4, -0.2) is 23.7 Å². The summed E-state index contributed by atoms with van der Waals surface area (Å²) in [7, 11) is 0. The van der Waals surface area contributed by atoms with Crippen LogP contribution in [0.3, 0.4) is 0 Å². The third-order valence-corrected chi connectivity index (χ3v) is 6.05. The molecule has 1 aliphatic rings. The zero-order valence-corrected chi connectivity index (χ0v) is 19.6. The van der Waals surface area contributed by atoms with E-state index in [0.717, 1.165) is 28.1 Å². The normalized spacial score (nSPS) is 16.0. The predicted octanol–water partition coefficient (Wildman–Crippen LogP) is 6.29. The maximum absolute atomic E-state index is 13.4. The third-order valence-electron chi connectivity index (χ3n) is 5.08. The molecule has 3 aromatic rings. The van der Waals surface area contributed by atoms with Gasteiger partial charge in [0.05, 0.1) is 28.5 Å². The number of benzene rings is 3. The van der Waals surface area contributed by atoms with Crippen molar-refractivity contribution in [2.24, 2.45) is 4.99 Å². The number of rotatable bonds is 5. The molecule has 0 saturated carbocycles. The largest absolute Gasteiger partial charge is 0.462 e. The molecule has 0 bridgehead atoms. The first-order chi connectivity index (χ1) is 15.9. The molecule has 33 heavy (non-hydrogen) atoms. The molecule has 0 N–H and O–H groups in total. The van der Waals surface area contributed by atoms with Gasteiger partial charge in [0.15, 0.2) is 5.17 Å². The first-order valence-corrected chi connectivity index (χ1v) is 11.5. The van der Waals surface area contributed by atoms with E-state index < -0.39 is 0 Å². The highest BCUT2D eigenvalue weighted by Crippen LogP contribution is 2.37. The van der Waals surface area contributed by atoms with E-state index in [9.17, 15) is 9.59 Å². The maximum atomic E-state index is 13.4. The Kier molecular flexibility index (Phi) is 6.75. The lowest BCUT2D eigenvalue weighted by Gasteiger charge is -2.16. The van der Waals surface area contributed by atoms with Crippen LogP contribution in [0.4, 0.5) is 11.4 Å². The summed E-state index contributed by atoms with van der Waals surface area (Å²) in [6.07, 6.45) is 1.82. The fourth-order valence-corrected chi connectivity index (χ4v) is 4.28. The number of anilines is 1. The molecule has 1 amide bonds. The molecule has 4 rings (SSSR count). The second-order valence-corrected chi connectivity index (χ2v) is 8.67. The van der Waals surface area contributed by atoms with Crippen LogP contribution in [0, 0.1) is 13.8 Å². The highest BCUT2D eigenvalue weighted by atomic mass is 32.2. The van der Waals surface area contributed by atoms with Crippen LogP contribution in [0.1, 0.15) is 34.0 Å². The molecular weight excluding hydrogens is 432 g/mol. The fourth-order valence-electron chi connectivity index (χ4n) is 3.28. The highest BCUT2D eigenvalue weighted by Gasteiger charge is 2.34. The summed E-state index contributed by atoms with van der Waals surface area (Å²) in [6, 6.07) is 22.7. The zero-order valence-electron chi connectivity index (χ0n) is 18.7. The second kappa shape index (κ2) is 9.88. The minimum atomic E-state index is -0.360. The van der Waals surface area contributed by atoms with Crippen LogP contribution in [0.25, 0.3) is 6.08 Å². The predicted molar refractivity (Wildman–Crippen MR) is 135 cm³/mol. The Morgan fingerprint density at radius 1 is 0.939 bits per heavy atom. The summed E-state index contributed by atoms with van der Waals surface area (Å²) in [4.78, 5) is 32.3. The molecule has 0 unspecified atom stereocenters. The Hall–Kier alpha value is -3.64. The molecule has 1 heterocycles. The van der Waals surface area contributed by atoms with Crippen LogP contribution < -0.4 is 4.90 Å². The Balaban J connectivity index is 1.68. The minimum absolute atomic E-state index is 0.135. The topological polar surface area (TPSA) is 59.0 Å². The molecule has 1 fully saturated rings. The molecule has 0 aliphatic carbocycles. The number of aryl methyl sites for hydroxylation is 2. The van der Waals surface area contributed by atoms with Gasteiger partial charge in [-0.2, -0.15) is 0 Å². The van der Waals surface area contributed by atoms with Crippen molar-refractivity contribution in [3.8, 4) is 0 Å². The maximum Gasteiger partial charge on any atom is 0.338 e. The van der Waals surface area contributed by atoms with Crippen LogP contribution >= 0.6 is 11.8 Å². The molecule has 0 aromatic heterocycles. The number of hydrogen-bond donors (Lipinski definition) is 0. The van der Waals surface area contributed by atoms with Crippen molar-refractivity contribution in [3.05, 3.63) is 100.0 Å². The molecule has 1 saturated heterocycles. The van der Waals surface area contributed by atoms with Gasteiger partial charge in [-0.15, -0.1) is 0 Å². The second-order valence-electron chi connectivity index (χ2n) is 7.66. The molecule has 1 aliphatic heterocycles. The van der Waals surface area contributed by atoms with Gasteiger partial charge in [0.25, 0.3) is 5.91 Å². The van der Waals surface area contributed by atoms with Crippen molar-refractivity contribution in [2.75, 3.05) is 11.5 Å². The van der Waals surface area contributed by atoms with E-state index in [1.165, 1.54) is 11.8 Å². The van der Waals surface area contributed by atoms with E-state index in [1.54, 1.807) is 36.1 Å². The highest BCUT2D eigenvalue weighted by molar-refractivity contribution is 8.19. The number of ether oxygens (including phenoxy) is 1. The number of esters is 1. The van der Waals surface area contributed by atoms with Gasteiger partial charge < -0.3 is 4.74 Å². The van der Waals surface area contributed by atoms with Gasteiger partial charge in [0.1, 0.15) is 0 Å². The molecule has 166 valence electrons. The first kappa shape index (κ1) is 22.6. The smallest absolute Gasteiger partial charge is 0.338 e. The number of nitrogens with zero attached hydrogens (tertiary/aromatic N) is 2. The zero-order chi connectivity index (χ0) is 23.4. The SMILES string of the molecule is CCOC(=O)c1ccc(/C=C2/SC(=Nc3ccc(C)cc3)N(c3ccc(C)cc3)C2=O)cc1.